The van der Waals surface area contributed by atoms with Crippen molar-refractivity contribution in [2.45, 2.75) is 6.92 Å². The van der Waals surface area contributed by atoms with E-state index >= 15 is 0 Å². The molecule has 5 nitrogen and oxygen atoms in total. The zero-order valence-corrected chi connectivity index (χ0v) is 15.1. The normalized spacial score (nSPS) is 15.2. The first kappa shape index (κ1) is 17.6. The number of hydrogen-bond donors (Lipinski definition) is 0. The van der Waals surface area contributed by atoms with Gasteiger partial charge in [0.05, 0.1) is 18.0 Å². The number of ether oxygens (including phenoxy) is 1. The fraction of sp³-hybridized carbons (Fsp3) is 0.368. The van der Waals surface area contributed by atoms with Crippen molar-refractivity contribution in [3.63, 3.8) is 0 Å². The van der Waals surface area contributed by atoms with Crippen LogP contribution in [0.3, 0.4) is 0 Å². The van der Waals surface area contributed by atoms with Crippen molar-refractivity contribution in [1.29, 1.82) is 0 Å². The quantitative estimate of drug-likeness (QED) is 0.745. The fourth-order valence-corrected chi connectivity index (χ4v) is 3.53. The molecule has 1 aromatic carbocycles. The second-order valence-corrected chi connectivity index (χ2v) is 6.87. The van der Waals surface area contributed by atoms with Gasteiger partial charge < -0.3 is 9.64 Å². The van der Waals surface area contributed by atoms with Gasteiger partial charge in [-0.15, -0.1) is 11.3 Å². The first-order chi connectivity index (χ1) is 12.2. The summed E-state index contributed by atoms with van der Waals surface area (Å²) in [6.07, 6.45) is 0. The van der Waals surface area contributed by atoms with Crippen molar-refractivity contribution in [3.8, 4) is 5.75 Å². The Morgan fingerprint density at radius 1 is 1.08 bits per heavy atom. The summed E-state index contributed by atoms with van der Waals surface area (Å²) in [7, 11) is 0. The number of ketones is 1. The molecule has 0 N–H and O–H groups in total. The maximum absolute atomic E-state index is 12.6. The lowest BCUT2D eigenvalue weighted by Gasteiger charge is -2.34. The number of carbonyl (C=O) groups is 2. The molecule has 3 rings (SSSR count). The standard InChI is InChI=1S/C19H22N2O3S/c1-2-24-16-7-5-15(6-8-16)19(23)21-11-9-20(10-12-21)14-17(22)18-4-3-13-25-18/h3-8,13H,2,9-12,14H2,1H3. The van der Waals surface area contributed by atoms with Crippen LogP contribution in [0.2, 0.25) is 0 Å². The summed E-state index contributed by atoms with van der Waals surface area (Å²) in [6, 6.07) is 11.0. The number of amides is 1. The van der Waals surface area contributed by atoms with E-state index in [1.165, 1.54) is 11.3 Å². The summed E-state index contributed by atoms with van der Waals surface area (Å²) in [5.41, 5.74) is 0.673. The van der Waals surface area contributed by atoms with E-state index in [-0.39, 0.29) is 11.7 Å². The summed E-state index contributed by atoms with van der Waals surface area (Å²) < 4.78 is 5.41. The lowest BCUT2D eigenvalue weighted by molar-refractivity contribution is 0.0625. The van der Waals surface area contributed by atoms with Crippen LogP contribution in [0.5, 0.6) is 5.75 Å². The lowest BCUT2D eigenvalue weighted by atomic mass is 10.1. The van der Waals surface area contributed by atoms with Gasteiger partial charge in [0.1, 0.15) is 5.75 Å². The molecule has 6 heteroatoms. The summed E-state index contributed by atoms with van der Waals surface area (Å²) in [5.74, 6) is 0.963. The van der Waals surface area contributed by atoms with Crippen LogP contribution >= 0.6 is 11.3 Å². The summed E-state index contributed by atoms with van der Waals surface area (Å²) >= 11 is 1.48. The molecular weight excluding hydrogens is 336 g/mol. The van der Waals surface area contributed by atoms with Gasteiger partial charge >= 0.3 is 0 Å². The van der Waals surface area contributed by atoms with Crippen LogP contribution in [0.15, 0.2) is 41.8 Å². The first-order valence-corrected chi connectivity index (χ1v) is 9.36. The Kier molecular flexibility index (Phi) is 5.83. The highest BCUT2D eigenvalue weighted by atomic mass is 32.1. The molecule has 0 atom stereocenters. The number of nitrogens with zero attached hydrogens (tertiary/aromatic N) is 2. The van der Waals surface area contributed by atoms with Gasteiger partial charge in [-0.2, -0.15) is 0 Å². The van der Waals surface area contributed by atoms with E-state index in [0.29, 0.717) is 31.8 Å². The Hall–Kier alpha value is -2.18. The number of rotatable bonds is 6. The topological polar surface area (TPSA) is 49.9 Å². The molecule has 2 aromatic rings. The third-order valence-electron chi connectivity index (χ3n) is 4.23. The third kappa shape index (κ3) is 4.46. The Bertz CT molecular complexity index is 705. The lowest BCUT2D eigenvalue weighted by Crippen LogP contribution is -2.49. The number of benzene rings is 1. The molecule has 0 bridgehead atoms. The molecule has 1 aromatic heterocycles. The van der Waals surface area contributed by atoms with E-state index in [9.17, 15) is 9.59 Å². The van der Waals surface area contributed by atoms with Crippen molar-refractivity contribution in [2.75, 3.05) is 39.3 Å². The van der Waals surface area contributed by atoms with Crippen molar-refractivity contribution in [3.05, 3.63) is 52.2 Å². The maximum Gasteiger partial charge on any atom is 0.253 e. The average molecular weight is 358 g/mol. The van der Waals surface area contributed by atoms with Crippen molar-refractivity contribution >= 4 is 23.0 Å². The summed E-state index contributed by atoms with van der Waals surface area (Å²) in [6.45, 7) is 5.69. The molecular formula is C19H22N2O3S. The van der Waals surface area contributed by atoms with Gasteiger partial charge in [0.15, 0.2) is 5.78 Å². The molecule has 1 aliphatic heterocycles. The van der Waals surface area contributed by atoms with Gasteiger partial charge in [0.2, 0.25) is 0 Å². The molecule has 0 spiro atoms. The summed E-state index contributed by atoms with van der Waals surface area (Å²) in [5, 5.41) is 1.92. The van der Waals surface area contributed by atoms with E-state index in [1.54, 1.807) is 12.1 Å². The molecule has 1 fully saturated rings. The van der Waals surface area contributed by atoms with E-state index in [4.69, 9.17) is 4.74 Å². The predicted octanol–water partition coefficient (Wildman–Crippen LogP) is 2.79. The Balaban J connectivity index is 1.51. The van der Waals surface area contributed by atoms with Gasteiger partial charge in [-0.05, 0) is 42.6 Å². The minimum atomic E-state index is 0.0345. The van der Waals surface area contributed by atoms with Crippen LogP contribution in [0.4, 0.5) is 0 Å². The SMILES string of the molecule is CCOc1ccc(C(=O)N2CCN(CC(=O)c3cccs3)CC2)cc1. The molecule has 0 radical (unpaired) electrons. The smallest absolute Gasteiger partial charge is 0.253 e. The molecule has 2 heterocycles. The second-order valence-electron chi connectivity index (χ2n) is 5.93. The second kappa shape index (κ2) is 8.27. The highest BCUT2D eigenvalue weighted by molar-refractivity contribution is 7.12. The van der Waals surface area contributed by atoms with Gasteiger partial charge in [-0.25, -0.2) is 0 Å². The number of thiophene rings is 1. The highest BCUT2D eigenvalue weighted by Gasteiger charge is 2.23. The Morgan fingerprint density at radius 3 is 2.40 bits per heavy atom. The fourth-order valence-electron chi connectivity index (χ4n) is 2.87. The van der Waals surface area contributed by atoms with E-state index in [1.807, 2.05) is 41.5 Å². The predicted molar refractivity (Wildman–Crippen MR) is 98.6 cm³/mol. The average Bonchev–Trinajstić information content (AvgIpc) is 3.18. The van der Waals surface area contributed by atoms with Crippen LogP contribution in [0, 0.1) is 0 Å². The van der Waals surface area contributed by atoms with Gasteiger partial charge in [-0.3, -0.25) is 14.5 Å². The zero-order valence-electron chi connectivity index (χ0n) is 14.3. The van der Waals surface area contributed by atoms with E-state index in [0.717, 1.165) is 23.7 Å². The molecule has 0 aliphatic carbocycles. The van der Waals surface area contributed by atoms with Crippen molar-refractivity contribution in [2.24, 2.45) is 0 Å². The maximum atomic E-state index is 12.6. The van der Waals surface area contributed by atoms with Gasteiger partial charge in [0.25, 0.3) is 5.91 Å². The first-order valence-electron chi connectivity index (χ1n) is 8.48. The summed E-state index contributed by atoms with van der Waals surface area (Å²) in [4.78, 5) is 29.5. The van der Waals surface area contributed by atoms with E-state index < -0.39 is 0 Å². The molecule has 25 heavy (non-hydrogen) atoms. The van der Waals surface area contributed by atoms with Crippen molar-refractivity contribution < 1.29 is 14.3 Å². The zero-order chi connectivity index (χ0) is 17.6. The minimum Gasteiger partial charge on any atom is -0.494 e. The monoisotopic (exact) mass is 358 g/mol. The molecule has 1 amide bonds. The number of piperazine rings is 1. The molecule has 132 valence electrons. The van der Waals surface area contributed by atoms with Crippen LogP contribution in [-0.4, -0.2) is 60.8 Å². The van der Waals surface area contributed by atoms with Crippen molar-refractivity contribution in [1.82, 2.24) is 9.80 Å². The molecule has 1 saturated heterocycles. The van der Waals surface area contributed by atoms with Crippen LogP contribution in [-0.2, 0) is 0 Å². The van der Waals surface area contributed by atoms with Crippen LogP contribution in [0.1, 0.15) is 27.0 Å². The van der Waals surface area contributed by atoms with Gasteiger partial charge in [-0.1, -0.05) is 6.07 Å². The van der Waals surface area contributed by atoms with Crippen LogP contribution < -0.4 is 4.74 Å². The third-order valence-corrected chi connectivity index (χ3v) is 5.15. The largest absolute Gasteiger partial charge is 0.494 e. The Morgan fingerprint density at radius 2 is 1.80 bits per heavy atom. The molecule has 1 aliphatic rings. The number of hydrogen-bond acceptors (Lipinski definition) is 5. The highest BCUT2D eigenvalue weighted by Crippen LogP contribution is 2.15. The number of carbonyl (C=O) groups excluding carboxylic acids is 2. The number of Topliss-reactive ketones (excluding diaryl/α,β-unsaturated/α-hetero) is 1. The van der Waals surface area contributed by atoms with Gasteiger partial charge in [0, 0.05) is 31.7 Å². The van der Waals surface area contributed by atoms with Crippen LogP contribution in [0.25, 0.3) is 0 Å². The Labute approximate surface area is 151 Å². The molecule has 0 saturated carbocycles. The minimum absolute atomic E-state index is 0.0345. The molecule has 0 unspecified atom stereocenters. The van der Waals surface area contributed by atoms with E-state index in [2.05, 4.69) is 4.90 Å².